The lowest BCUT2D eigenvalue weighted by Crippen LogP contribution is -2.31. The maximum absolute atomic E-state index is 11.8. The molecule has 0 aromatic carbocycles. The van der Waals surface area contributed by atoms with Crippen molar-refractivity contribution in [1.29, 1.82) is 0 Å². The summed E-state index contributed by atoms with van der Waals surface area (Å²) >= 11 is 0. The summed E-state index contributed by atoms with van der Waals surface area (Å²) in [5, 5.41) is 16.5. The van der Waals surface area contributed by atoms with Gasteiger partial charge in [-0.1, -0.05) is 0 Å². The molecule has 100 valence electrons. The lowest BCUT2D eigenvalue weighted by Gasteiger charge is -2.09. The van der Waals surface area contributed by atoms with Crippen molar-refractivity contribution in [3.05, 3.63) is 18.0 Å². The topological polar surface area (TPSA) is 93.2 Å². The van der Waals surface area contributed by atoms with Gasteiger partial charge in [0.25, 0.3) is 0 Å². The van der Waals surface area contributed by atoms with Gasteiger partial charge < -0.3 is 16.2 Å². The molecular weight excluding hydrogens is 232 g/mol. The van der Waals surface area contributed by atoms with Gasteiger partial charge in [0.2, 0.25) is 5.91 Å². The van der Waals surface area contributed by atoms with E-state index in [-0.39, 0.29) is 17.9 Å². The van der Waals surface area contributed by atoms with Crippen molar-refractivity contribution in [3.63, 3.8) is 0 Å². The summed E-state index contributed by atoms with van der Waals surface area (Å²) < 4.78 is 1.74. The van der Waals surface area contributed by atoms with E-state index in [1.165, 1.54) is 0 Å². The highest BCUT2D eigenvalue weighted by Crippen LogP contribution is 2.24. The van der Waals surface area contributed by atoms with Crippen molar-refractivity contribution in [1.82, 2.24) is 15.1 Å². The van der Waals surface area contributed by atoms with Crippen LogP contribution in [0.5, 0.6) is 0 Å². The molecule has 18 heavy (non-hydrogen) atoms. The first-order chi connectivity index (χ1) is 8.56. The first-order valence-electron chi connectivity index (χ1n) is 6.25. The average Bonchev–Trinajstić information content (AvgIpc) is 2.87. The first-order valence-corrected chi connectivity index (χ1v) is 6.25. The Kier molecular flexibility index (Phi) is 3.98. The quantitative estimate of drug-likeness (QED) is 0.652. The lowest BCUT2D eigenvalue weighted by atomic mass is 10.1. The molecule has 1 aliphatic carbocycles. The van der Waals surface area contributed by atoms with Crippen LogP contribution in [0.2, 0.25) is 0 Å². The second-order valence-corrected chi connectivity index (χ2v) is 4.96. The number of aromatic nitrogens is 2. The van der Waals surface area contributed by atoms with Crippen molar-refractivity contribution in [2.24, 2.45) is 18.7 Å². The molecule has 1 fully saturated rings. The molecule has 1 saturated carbocycles. The number of aliphatic hydroxyl groups is 1. The van der Waals surface area contributed by atoms with Gasteiger partial charge in [-0.15, -0.1) is 0 Å². The molecule has 1 heterocycles. The zero-order valence-electron chi connectivity index (χ0n) is 10.5. The van der Waals surface area contributed by atoms with E-state index in [9.17, 15) is 9.90 Å². The van der Waals surface area contributed by atoms with Crippen LogP contribution in [-0.4, -0.2) is 39.5 Å². The van der Waals surface area contributed by atoms with Crippen molar-refractivity contribution in [2.75, 3.05) is 6.54 Å². The SMILES string of the molecule is Cn1cc(CCNC(=O)[C@H]2C[C@H](N)[C@@H](O)C2)cn1. The molecule has 1 aromatic heterocycles. The van der Waals surface area contributed by atoms with E-state index in [0.29, 0.717) is 19.4 Å². The van der Waals surface area contributed by atoms with Gasteiger partial charge in [-0.3, -0.25) is 9.48 Å². The van der Waals surface area contributed by atoms with Crippen LogP contribution in [0.4, 0.5) is 0 Å². The highest BCUT2D eigenvalue weighted by atomic mass is 16.3. The number of nitrogens with one attached hydrogen (secondary N) is 1. The zero-order valence-corrected chi connectivity index (χ0v) is 10.5. The van der Waals surface area contributed by atoms with Gasteiger partial charge in [0.05, 0.1) is 12.3 Å². The first kappa shape index (κ1) is 13.0. The second-order valence-electron chi connectivity index (χ2n) is 4.96. The Balaban J connectivity index is 1.72. The van der Waals surface area contributed by atoms with Crippen LogP contribution in [0.3, 0.4) is 0 Å². The van der Waals surface area contributed by atoms with Crippen molar-refractivity contribution >= 4 is 5.91 Å². The normalized spacial score (nSPS) is 27.4. The molecule has 3 atom stereocenters. The predicted molar refractivity (Wildman–Crippen MR) is 66.6 cm³/mol. The summed E-state index contributed by atoms with van der Waals surface area (Å²) in [5.74, 6) is -0.158. The Morgan fingerprint density at radius 3 is 3.00 bits per heavy atom. The third-order valence-corrected chi connectivity index (χ3v) is 3.42. The molecule has 0 bridgehead atoms. The molecule has 1 amide bonds. The highest BCUT2D eigenvalue weighted by Gasteiger charge is 2.34. The van der Waals surface area contributed by atoms with Crippen molar-refractivity contribution in [2.45, 2.75) is 31.4 Å². The molecule has 0 saturated heterocycles. The Morgan fingerprint density at radius 2 is 2.44 bits per heavy atom. The van der Waals surface area contributed by atoms with Crippen LogP contribution in [0.15, 0.2) is 12.4 Å². The Hall–Kier alpha value is -1.40. The van der Waals surface area contributed by atoms with E-state index < -0.39 is 6.10 Å². The molecule has 0 unspecified atom stereocenters. The molecule has 4 N–H and O–H groups in total. The van der Waals surface area contributed by atoms with E-state index >= 15 is 0 Å². The fourth-order valence-electron chi connectivity index (χ4n) is 2.34. The summed E-state index contributed by atoms with van der Waals surface area (Å²) in [5.41, 5.74) is 6.79. The molecule has 2 rings (SSSR count). The van der Waals surface area contributed by atoms with Gasteiger partial charge in [-0.2, -0.15) is 5.10 Å². The largest absolute Gasteiger partial charge is 0.391 e. The van der Waals surface area contributed by atoms with E-state index in [0.717, 1.165) is 12.0 Å². The summed E-state index contributed by atoms with van der Waals surface area (Å²) in [6, 6.07) is -0.265. The number of nitrogens with two attached hydrogens (primary N) is 1. The molecule has 1 aliphatic rings. The minimum absolute atomic E-state index is 0.00843. The standard InChI is InChI=1S/C12H20N4O2/c1-16-7-8(6-15-16)2-3-14-12(18)9-4-10(13)11(17)5-9/h6-7,9-11,17H,2-5,13H2,1H3,(H,14,18)/t9-,10-,11-/m0/s1. The van der Waals surface area contributed by atoms with Crippen molar-refractivity contribution < 1.29 is 9.90 Å². The molecule has 1 aromatic rings. The monoisotopic (exact) mass is 252 g/mol. The summed E-state index contributed by atoms with van der Waals surface area (Å²) in [7, 11) is 1.86. The lowest BCUT2D eigenvalue weighted by molar-refractivity contribution is -0.125. The van der Waals surface area contributed by atoms with E-state index in [2.05, 4.69) is 10.4 Å². The Labute approximate surface area is 106 Å². The average molecular weight is 252 g/mol. The van der Waals surface area contributed by atoms with Crippen LogP contribution in [-0.2, 0) is 18.3 Å². The van der Waals surface area contributed by atoms with Gasteiger partial charge in [-0.25, -0.2) is 0 Å². The van der Waals surface area contributed by atoms with Crippen LogP contribution >= 0.6 is 0 Å². The number of carbonyl (C=O) groups excluding carboxylic acids is 1. The van der Waals surface area contributed by atoms with Gasteiger partial charge in [0.1, 0.15) is 0 Å². The third-order valence-electron chi connectivity index (χ3n) is 3.42. The number of aryl methyl sites for hydroxylation is 1. The molecule has 6 nitrogen and oxygen atoms in total. The summed E-state index contributed by atoms with van der Waals surface area (Å²) in [6.07, 6.45) is 4.99. The third kappa shape index (κ3) is 3.08. The predicted octanol–water partition coefficient (Wildman–Crippen LogP) is -0.823. The van der Waals surface area contributed by atoms with E-state index in [4.69, 9.17) is 5.73 Å². The van der Waals surface area contributed by atoms with Crippen molar-refractivity contribution in [3.8, 4) is 0 Å². The number of nitrogens with zero attached hydrogens (tertiary/aromatic N) is 2. The van der Waals surface area contributed by atoms with E-state index in [1.807, 2.05) is 13.2 Å². The number of aliphatic hydroxyl groups excluding tert-OH is 1. The Morgan fingerprint density at radius 1 is 1.67 bits per heavy atom. The summed E-state index contributed by atoms with van der Waals surface area (Å²) in [4.78, 5) is 11.8. The Bertz CT molecular complexity index is 408. The van der Waals surface area contributed by atoms with Gasteiger partial charge in [-0.05, 0) is 24.8 Å². The minimum Gasteiger partial charge on any atom is -0.391 e. The minimum atomic E-state index is -0.543. The van der Waals surface area contributed by atoms with E-state index in [1.54, 1.807) is 10.9 Å². The summed E-state index contributed by atoms with van der Waals surface area (Å²) in [6.45, 7) is 0.590. The maximum atomic E-state index is 11.8. The number of hydrogen-bond donors (Lipinski definition) is 3. The van der Waals surface area contributed by atoms with Gasteiger partial charge in [0, 0.05) is 31.7 Å². The van der Waals surface area contributed by atoms with Gasteiger partial charge >= 0.3 is 0 Å². The second kappa shape index (κ2) is 5.49. The molecule has 0 radical (unpaired) electrons. The molecule has 0 aliphatic heterocycles. The van der Waals surface area contributed by atoms with Crippen LogP contribution < -0.4 is 11.1 Å². The maximum Gasteiger partial charge on any atom is 0.223 e. The molecular formula is C12H20N4O2. The van der Waals surface area contributed by atoms with Gasteiger partial charge in [0.15, 0.2) is 0 Å². The molecule has 0 spiro atoms. The molecule has 6 heteroatoms. The fourth-order valence-corrected chi connectivity index (χ4v) is 2.34. The zero-order chi connectivity index (χ0) is 13.1. The number of carbonyl (C=O) groups is 1. The van der Waals surface area contributed by atoms with Crippen LogP contribution in [0, 0.1) is 5.92 Å². The highest BCUT2D eigenvalue weighted by molar-refractivity contribution is 5.79. The van der Waals surface area contributed by atoms with Crippen LogP contribution in [0.25, 0.3) is 0 Å². The number of hydrogen-bond acceptors (Lipinski definition) is 4. The number of rotatable bonds is 4. The van der Waals surface area contributed by atoms with Crippen LogP contribution in [0.1, 0.15) is 18.4 Å². The smallest absolute Gasteiger partial charge is 0.223 e. The fraction of sp³-hybridized carbons (Fsp3) is 0.667. The number of amides is 1.